The maximum absolute atomic E-state index is 12.4. The van der Waals surface area contributed by atoms with E-state index in [2.05, 4.69) is 10.1 Å². The molecule has 3 rings (SSSR count). The second-order valence-electron chi connectivity index (χ2n) is 6.38. The van der Waals surface area contributed by atoms with Crippen LogP contribution in [0.4, 0.5) is 13.2 Å². The summed E-state index contributed by atoms with van der Waals surface area (Å²) in [6.07, 6.45) is -4.09. The van der Waals surface area contributed by atoms with Crippen molar-refractivity contribution < 1.29 is 18.0 Å². The number of aryl methyl sites for hydroxylation is 2. The van der Waals surface area contributed by atoms with Crippen molar-refractivity contribution >= 4 is 22.5 Å². The molecule has 0 bridgehead atoms. The average Bonchev–Trinajstić information content (AvgIpc) is 2.92. The summed E-state index contributed by atoms with van der Waals surface area (Å²) in [5.41, 5.74) is 3.99. The molecule has 138 valence electrons. The van der Waals surface area contributed by atoms with Crippen LogP contribution < -0.4 is 0 Å². The molecule has 0 N–H and O–H groups in total. The maximum Gasteiger partial charge on any atom is 0.406 e. The molecule has 0 aliphatic rings. The maximum atomic E-state index is 12.4. The minimum atomic E-state index is -4.40. The number of carbonyl (C=O) groups excluding carboxylic acids is 1. The van der Waals surface area contributed by atoms with Crippen molar-refractivity contribution in [2.24, 2.45) is 0 Å². The Balaban J connectivity index is 1.86. The first-order valence-corrected chi connectivity index (χ1v) is 8.21. The van der Waals surface area contributed by atoms with Crippen molar-refractivity contribution in [2.45, 2.75) is 32.9 Å². The predicted molar refractivity (Wildman–Crippen MR) is 92.0 cm³/mol. The monoisotopic (exact) mass is 364 g/mol. The number of rotatable bonds is 4. The lowest BCUT2D eigenvalue weighted by Crippen LogP contribution is -2.36. The average molecular weight is 364 g/mol. The van der Waals surface area contributed by atoms with Crippen molar-refractivity contribution in [3.05, 3.63) is 41.2 Å². The van der Waals surface area contributed by atoms with Crippen LogP contribution in [0.1, 0.15) is 23.4 Å². The molecule has 0 unspecified atom stereocenters. The van der Waals surface area contributed by atoms with Crippen molar-refractivity contribution in [3.63, 3.8) is 0 Å². The minimum Gasteiger partial charge on any atom is -0.337 e. The van der Waals surface area contributed by atoms with E-state index in [-0.39, 0.29) is 6.42 Å². The van der Waals surface area contributed by atoms with Gasteiger partial charge in [0, 0.05) is 30.2 Å². The van der Waals surface area contributed by atoms with Crippen LogP contribution in [0.3, 0.4) is 0 Å². The van der Waals surface area contributed by atoms with Crippen molar-refractivity contribution in [1.29, 1.82) is 0 Å². The lowest BCUT2D eigenvalue weighted by Gasteiger charge is -2.19. The van der Waals surface area contributed by atoms with Crippen LogP contribution in [0, 0.1) is 13.8 Å². The summed E-state index contributed by atoms with van der Waals surface area (Å²) in [5.74, 6) is -0.549. The second kappa shape index (κ2) is 6.59. The van der Waals surface area contributed by atoms with Gasteiger partial charge in [0.15, 0.2) is 5.65 Å². The van der Waals surface area contributed by atoms with E-state index < -0.39 is 18.6 Å². The number of hydrogen-bond donors (Lipinski definition) is 0. The molecule has 26 heavy (non-hydrogen) atoms. The van der Waals surface area contributed by atoms with Crippen LogP contribution in [0.25, 0.3) is 16.6 Å². The SMILES string of the molecule is Cc1nc2c3ccccc3nn2c(C)c1CCC(=O)N(C)CC(F)(F)F. The quantitative estimate of drug-likeness (QED) is 0.712. The third-order valence-electron chi connectivity index (χ3n) is 4.45. The van der Waals surface area contributed by atoms with E-state index >= 15 is 0 Å². The van der Waals surface area contributed by atoms with E-state index in [4.69, 9.17) is 0 Å². The summed E-state index contributed by atoms with van der Waals surface area (Å²) in [7, 11) is 1.16. The van der Waals surface area contributed by atoms with Crippen LogP contribution in [0.5, 0.6) is 0 Å². The Morgan fingerprint density at radius 1 is 1.23 bits per heavy atom. The molecule has 0 aliphatic heterocycles. The van der Waals surface area contributed by atoms with E-state index in [1.165, 1.54) is 0 Å². The van der Waals surface area contributed by atoms with Crippen molar-refractivity contribution in [3.8, 4) is 0 Å². The molecule has 3 aromatic rings. The number of fused-ring (bicyclic) bond motifs is 3. The Morgan fingerprint density at radius 3 is 2.62 bits per heavy atom. The highest BCUT2D eigenvalue weighted by atomic mass is 19.4. The van der Waals surface area contributed by atoms with Crippen LogP contribution >= 0.6 is 0 Å². The fourth-order valence-corrected chi connectivity index (χ4v) is 3.12. The molecule has 0 fully saturated rings. The number of alkyl halides is 3. The molecular formula is C18H19F3N4O. The van der Waals surface area contributed by atoms with Gasteiger partial charge in [-0.2, -0.15) is 18.3 Å². The van der Waals surface area contributed by atoms with Gasteiger partial charge < -0.3 is 4.90 Å². The molecule has 5 nitrogen and oxygen atoms in total. The van der Waals surface area contributed by atoms with Gasteiger partial charge in [0.1, 0.15) is 6.54 Å². The van der Waals surface area contributed by atoms with E-state index in [1.54, 1.807) is 4.52 Å². The Bertz CT molecular complexity index is 978. The zero-order valence-electron chi connectivity index (χ0n) is 14.8. The lowest BCUT2D eigenvalue weighted by molar-refractivity contribution is -0.158. The molecule has 0 saturated heterocycles. The highest BCUT2D eigenvalue weighted by Gasteiger charge is 2.31. The van der Waals surface area contributed by atoms with Gasteiger partial charge in [-0.3, -0.25) is 4.79 Å². The Kier molecular flexibility index (Phi) is 4.60. The third kappa shape index (κ3) is 3.49. The molecule has 0 saturated carbocycles. The fraction of sp³-hybridized carbons (Fsp3) is 0.389. The zero-order valence-corrected chi connectivity index (χ0v) is 14.8. The van der Waals surface area contributed by atoms with Gasteiger partial charge in [-0.05, 0) is 38.0 Å². The fourth-order valence-electron chi connectivity index (χ4n) is 3.12. The summed E-state index contributed by atoms with van der Waals surface area (Å²) in [6.45, 7) is 2.48. The largest absolute Gasteiger partial charge is 0.406 e. The van der Waals surface area contributed by atoms with Crippen molar-refractivity contribution in [1.82, 2.24) is 19.5 Å². The number of benzene rings is 1. The molecule has 0 aliphatic carbocycles. The Hall–Kier alpha value is -2.64. The standard InChI is InChI=1S/C18H19F3N4O/c1-11-13(8-9-16(26)24(3)10-18(19,20)21)12(2)25-17(22-11)14-6-4-5-7-15(14)23-25/h4-7H,8-10H2,1-3H3. The number of carbonyl (C=O) groups is 1. The summed E-state index contributed by atoms with van der Waals surface area (Å²) >= 11 is 0. The summed E-state index contributed by atoms with van der Waals surface area (Å²) in [4.78, 5) is 17.3. The number of nitrogens with zero attached hydrogens (tertiary/aromatic N) is 4. The van der Waals surface area contributed by atoms with Crippen LogP contribution in [-0.4, -0.2) is 45.2 Å². The molecular weight excluding hydrogens is 345 g/mol. The topological polar surface area (TPSA) is 50.5 Å². The molecule has 8 heteroatoms. The number of hydrogen-bond acceptors (Lipinski definition) is 3. The van der Waals surface area contributed by atoms with Crippen LogP contribution in [0.15, 0.2) is 24.3 Å². The van der Waals surface area contributed by atoms with E-state index in [0.29, 0.717) is 11.3 Å². The predicted octanol–water partition coefficient (Wildman–Crippen LogP) is 3.45. The number of aromatic nitrogens is 3. The first-order valence-electron chi connectivity index (χ1n) is 8.21. The first-order chi connectivity index (χ1) is 12.2. The van der Waals surface area contributed by atoms with Gasteiger partial charge in [0.2, 0.25) is 5.91 Å². The number of amides is 1. The lowest BCUT2D eigenvalue weighted by atomic mass is 10.1. The molecule has 2 heterocycles. The molecule has 1 amide bonds. The summed E-state index contributed by atoms with van der Waals surface area (Å²) in [6, 6.07) is 7.65. The first kappa shape index (κ1) is 18.2. The van der Waals surface area contributed by atoms with Crippen LogP contribution in [0.2, 0.25) is 0 Å². The molecule has 1 aromatic carbocycles. The number of halogens is 3. The van der Waals surface area contributed by atoms with Gasteiger partial charge in [-0.1, -0.05) is 12.1 Å². The Labute approximate surface area is 148 Å². The van der Waals surface area contributed by atoms with Crippen LogP contribution in [-0.2, 0) is 11.2 Å². The third-order valence-corrected chi connectivity index (χ3v) is 4.45. The second-order valence-corrected chi connectivity index (χ2v) is 6.38. The highest BCUT2D eigenvalue weighted by Crippen LogP contribution is 2.23. The summed E-state index contributed by atoms with van der Waals surface area (Å²) < 4.78 is 39.0. The zero-order chi connectivity index (χ0) is 19.1. The molecule has 0 spiro atoms. The normalized spacial score (nSPS) is 12.1. The molecule has 2 aromatic heterocycles. The van der Waals surface area contributed by atoms with Gasteiger partial charge in [0.05, 0.1) is 5.52 Å². The molecule has 0 radical (unpaired) electrons. The van der Waals surface area contributed by atoms with E-state index in [1.807, 2.05) is 38.1 Å². The smallest absolute Gasteiger partial charge is 0.337 e. The van der Waals surface area contributed by atoms with Crippen molar-refractivity contribution in [2.75, 3.05) is 13.6 Å². The highest BCUT2D eigenvalue weighted by molar-refractivity contribution is 5.92. The van der Waals surface area contributed by atoms with Gasteiger partial charge in [-0.15, -0.1) is 0 Å². The summed E-state index contributed by atoms with van der Waals surface area (Å²) in [5, 5.41) is 5.47. The van der Waals surface area contributed by atoms with Gasteiger partial charge in [0.25, 0.3) is 0 Å². The van der Waals surface area contributed by atoms with E-state index in [0.717, 1.165) is 40.5 Å². The van der Waals surface area contributed by atoms with E-state index in [9.17, 15) is 18.0 Å². The minimum absolute atomic E-state index is 0.0117. The van der Waals surface area contributed by atoms with Gasteiger partial charge in [-0.25, -0.2) is 9.50 Å². The van der Waals surface area contributed by atoms with Gasteiger partial charge >= 0.3 is 6.18 Å². The molecule has 0 atom stereocenters. The Morgan fingerprint density at radius 2 is 1.92 bits per heavy atom.